The number of aromatic nitrogens is 1. The predicted octanol–water partition coefficient (Wildman–Crippen LogP) is 3.81. The summed E-state index contributed by atoms with van der Waals surface area (Å²) < 4.78 is 6.32. The Morgan fingerprint density at radius 2 is 2.20 bits per heavy atom. The lowest BCUT2D eigenvalue weighted by Gasteiger charge is -2.03. The summed E-state index contributed by atoms with van der Waals surface area (Å²) >= 11 is 6.72. The van der Waals surface area contributed by atoms with Crippen LogP contribution >= 0.6 is 23.6 Å². The molecule has 0 aliphatic carbocycles. The fourth-order valence-electron chi connectivity index (χ4n) is 1.25. The molecule has 2 rings (SSSR count). The number of fused-ring (bicyclic) bond motifs is 1. The van der Waals surface area contributed by atoms with E-state index in [0.717, 1.165) is 21.1 Å². The molecule has 78 valence electrons. The van der Waals surface area contributed by atoms with Crippen molar-refractivity contribution in [2.45, 2.75) is 13.3 Å². The van der Waals surface area contributed by atoms with Crippen LogP contribution in [-0.2, 0) is 0 Å². The standard InChI is InChI=1S/C11H11NOS2/c1-2-7-13-11-12-9-6-4-3-5-8(9)10(14)15-11/h3-6H,2,7H2,1H3. The molecule has 2 nitrogen and oxygen atoms in total. The van der Waals surface area contributed by atoms with Gasteiger partial charge in [-0.05, 0) is 12.5 Å². The zero-order chi connectivity index (χ0) is 10.7. The van der Waals surface area contributed by atoms with Gasteiger partial charge in [0.05, 0.1) is 12.1 Å². The van der Waals surface area contributed by atoms with Crippen molar-refractivity contribution in [1.29, 1.82) is 0 Å². The van der Waals surface area contributed by atoms with Gasteiger partial charge in [-0.1, -0.05) is 48.7 Å². The summed E-state index contributed by atoms with van der Waals surface area (Å²) in [4.78, 5) is 4.40. The minimum atomic E-state index is 0.667. The van der Waals surface area contributed by atoms with Crippen LogP contribution in [0, 0.1) is 3.82 Å². The van der Waals surface area contributed by atoms with Gasteiger partial charge in [-0.25, -0.2) is 4.98 Å². The lowest BCUT2D eigenvalue weighted by Crippen LogP contribution is -1.95. The molecule has 0 aliphatic heterocycles. The van der Waals surface area contributed by atoms with Crippen LogP contribution in [0.4, 0.5) is 0 Å². The van der Waals surface area contributed by atoms with Crippen LogP contribution in [0.15, 0.2) is 24.3 Å². The summed E-state index contributed by atoms with van der Waals surface area (Å²) in [6.07, 6.45) is 0.980. The van der Waals surface area contributed by atoms with Gasteiger partial charge >= 0.3 is 0 Å². The van der Waals surface area contributed by atoms with Gasteiger partial charge < -0.3 is 4.74 Å². The van der Waals surface area contributed by atoms with E-state index in [9.17, 15) is 0 Å². The molecule has 0 fully saturated rings. The van der Waals surface area contributed by atoms with Crippen LogP contribution < -0.4 is 4.74 Å². The van der Waals surface area contributed by atoms with Crippen LogP contribution in [0.2, 0.25) is 0 Å². The number of hydrogen-bond acceptors (Lipinski definition) is 4. The van der Waals surface area contributed by atoms with Crippen molar-refractivity contribution in [3.63, 3.8) is 0 Å². The monoisotopic (exact) mass is 237 g/mol. The molecule has 0 radical (unpaired) electrons. The predicted molar refractivity (Wildman–Crippen MR) is 66.2 cm³/mol. The van der Waals surface area contributed by atoms with Crippen LogP contribution in [0.5, 0.6) is 5.19 Å². The lowest BCUT2D eigenvalue weighted by molar-refractivity contribution is 0.316. The molecule has 1 aromatic heterocycles. The van der Waals surface area contributed by atoms with Crippen molar-refractivity contribution in [2.24, 2.45) is 0 Å². The Bertz CT molecular complexity index is 521. The van der Waals surface area contributed by atoms with Gasteiger partial charge in [-0.3, -0.25) is 0 Å². The Morgan fingerprint density at radius 3 is 3.00 bits per heavy atom. The third-order valence-corrected chi connectivity index (χ3v) is 3.20. The smallest absolute Gasteiger partial charge is 0.275 e. The first-order chi connectivity index (χ1) is 7.31. The van der Waals surface area contributed by atoms with Crippen molar-refractivity contribution in [3.05, 3.63) is 28.1 Å². The number of hydrogen-bond donors (Lipinski definition) is 0. The number of rotatable bonds is 3. The number of benzene rings is 1. The second-order valence-electron chi connectivity index (χ2n) is 3.13. The van der Waals surface area contributed by atoms with E-state index in [1.165, 1.54) is 11.3 Å². The van der Waals surface area contributed by atoms with Gasteiger partial charge in [-0.15, -0.1) is 0 Å². The Kier molecular flexibility index (Phi) is 3.28. The molecule has 0 aliphatic rings. The molecular weight excluding hydrogens is 226 g/mol. The fraction of sp³-hybridized carbons (Fsp3) is 0.273. The second kappa shape index (κ2) is 4.68. The average molecular weight is 237 g/mol. The zero-order valence-corrected chi connectivity index (χ0v) is 10.0. The van der Waals surface area contributed by atoms with Gasteiger partial charge in [0.25, 0.3) is 5.19 Å². The fourth-order valence-corrected chi connectivity index (χ4v) is 2.36. The van der Waals surface area contributed by atoms with Gasteiger partial charge in [0.2, 0.25) is 0 Å². The van der Waals surface area contributed by atoms with Crippen LogP contribution in [0.3, 0.4) is 0 Å². The lowest BCUT2D eigenvalue weighted by atomic mass is 10.3. The second-order valence-corrected chi connectivity index (χ2v) is 4.76. The molecule has 0 spiro atoms. The highest BCUT2D eigenvalue weighted by atomic mass is 32.1. The Labute approximate surface area is 97.6 Å². The number of para-hydroxylation sites is 1. The molecule has 15 heavy (non-hydrogen) atoms. The Morgan fingerprint density at radius 1 is 1.40 bits per heavy atom. The van der Waals surface area contributed by atoms with Gasteiger partial charge in [0, 0.05) is 5.39 Å². The van der Waals surface area contributed by atoms with Gasteiger partial charge in [-0.2, -0.15) is 0 Å². The maximum absolute atomic E-state index is 5.48. The first kappa shape index (κ1) is 10.5. The average Bonchev–Trinajstić information content (AvgIpc) is 2.26. The summed E-state index contributed by atoms with van der Waals surface area (Å²) in [5, 5.41) is 1.70. The van der Waals surface area contributed by atoms with E-state index in [1.807, 2.05) is 24.3 Å². The molecule has 0 amide bonds. The molecule has 4 heteroatoms. The summed E-state index contributed by atoms with van der Waals surface area (Å²) in [6, 6.07) is 7.87. The Hall–Kier alpha value is -1.00. The van der Waals surface area contributed by atoms with Gasteiger partial charge in [0.15, 0.2) is 0 Å². The molecular formula is C11H11NOS2. The number of nitrogens with zero attached hydrogens (tertiary/aromatic N) is 1. The van der Waals surface area contributed by atoms with Crippen molar-refractivity contribution >= 4 is 34.5 Å². The molecule has 0 unspecified atom stereocenters. The molecule has 1 heterocycles. The third-order valence-electron chi connectivity index (χ3n) is 1.95. The topological polar surface area (TPSA) is 22.1 Å². The SMILES string of the molecule is CCCOc1nc2ccccc2c(=S)s1. The molecule has 0 bridgehead atoms. The van der Waals surface area contributed by atoms with Crippen molar-refractivity contribution in [1.82, 2.24) is 4.98 Å². The first-order valence-electron chi connectivity index (χ1n) is 4.84. The Balaban J connectivity index is 2.48. The van der Waals surface area contributed by atoms with Crippen LogP contribution in [0.1, 0.15) is 13.3 Å². The molecule has 0 N–H and O–H groups in total. The summed E-state index contributed by atoms with van der Waals surface area (Å²) in [7, 11) is 0. The van der Waals surface area contributed by atoms with E-state index < -0.39 is 0 Å². The summed E-state index contributed by atoms with van der Waals surface area (Å²) in [6.45, 7) is 2.76. The normalized spacial score (nSPS) is 10.5. The minimum absolute atomic E-state index is 0.667. The minimum Gasteiger partial charge on any atom is -0.470 e. The van der Waals surface area contributed by atoms with E-state index in [2.05, 4.69) is 11.9 Å². The summed E-state index contributed by atoms with van der Waals surface area (Å²) in [5.41, 5.74) is 0.910. The number of ether oxygens (including phenoxy) is 1. The molecule has 2 aromatic rings. The maximum atomic E-state index is 5.48. The van der Waals surface area contributed by atoms with Crippen molar-refractivity contribution in [2.75, 3.05) is 6.61 Å². The zero-order valence-electron chi connectivity index (χ0n) is 8.40. The van der Waals surface area contributed by atoms with E-state index >= 15 is 0 Å². The molecule has 0 saturated carbocycles. The summed E-state index contributed by atoms with van der Waals surface area (Å²) in [5.74, 6) is 0. The highest BCUT2D eigenvalue weighted by Crippen LogP contribution is 2.24. The van der Waals surface area contributed by atoms with E-state index in [0.29, 0.717) is 11.8 Å². The molecule has 0 atom stereocenters. The highest BCUT2D eigenvalue weighted by molar-refractivity contribution is 7.74. The maximum Gasteiger partial charge on any atom is 0.275 e. The van der Waals surface area contributed by atoms with Crippen molar-refractivity contribution < 1.29 is 4.74 Å². The van der Waals surface area contributed by atoms with Gasteiger partial charge in [0.1, 0.15) is 3.82 Å². The van der Waals surface area contributed by atoms with Crippen LogP contribution in [-0.4, -0.2) is 11.6 Å². The largest absolute Gasteiger partial charge is 0.470 e. The van der Waals surface area contributed by atoms with E-state index in [1.54, 1.807) is 0 Å². The first-order valence-corrected chi connectivity index (χ1v) is 6.06. The van der Waals surface area contributed by atoms with Crippen molar-refractivity contribution in [3.8, 4) is 5.19 Å². The van der Waals surface area contributed by atoms with Crippen LogP contribution in [0.25, 0.3) is 10.9 Å². The van der Waals surface area contributed by atoms with E-state index in [-0.39, 0.29) is 0 Å². The molecule has 0 saturated heterocycles. The third kappa shape index (κ3) is 2.33. The highest BCUT2D eigenvalue weighted by Gasteiger charge is 2.01. The quantitative estimate of drug-likeness (QED) is 0.758. The molecule has 1 aromatic carbocycles. The van der Waals surface area contributed by atoms with E-state index in [4.69, 9.17) is 17.0 Å².